The fourth-order valence-electron chi connectivity index (χ4n) is 5.21. The van der Waals surface area contributed by atoms with E-state index in [1.807, 2.05) is 6.92 Å². The number of H-pyrrole nitrogens is 1. The van der Waals surface area contributed by atoms with Crippen LogP contribution in [0, 0.1) is 5.82 Å². The van der Waals surface area contributed by atoms with Crippen molar-refractivity contribution in [2.24, 2.45) is 10.7 Å². The second kappa shape index (κ2) is 13.3. The molecule has 0 saturated heterocycles. The van der Waals surface area contributed by atoms with Crippen molar-refractivity contribution >= 4 is 34.5 Å². The molecule has 1 aliphatic carbocycles. The molecule has 0 spiro atoms. The van der Waals surface area contributed by atoms with Gasteiger partial charge in [0.1, 0.15) is 17.2 Å². The van der Waals surface area contributed by atoms with E-state index >= 15 is 0 Å². The lowest BCUT2D eigenvalue weighted by Gasteiger charge is -2.36. The molecule has 2 aromatic carbocycles. The molecule has 0 saturated carbocycles. The Bertz CT molecular complexity index is 1530. The minimum atomic E-state index is -4.59. The van der Waals surface area contributed by atoms with Gasteiger partial charge in [-0.3, -0.25) is 19.4 Å². The van der Waals surface area contributed by atoms with E-state index in [1.54, 1.807) is 6.07 Å². The molecule has 4 rings (SSSR count). The highest BCUT2D eigenvalue weighted by Gasteiger charge is 2.44. The number of alkyl halides is 3. The van der Waals surface area contributed by atoms with E-state index in [4.69, 9.17) is 5.73 Å². The number of halogens is 4. The van der Waals surface area contributed by atoms with Crippen molar-refractivity contribution in [1.29, 1.82) is 0 Å². The number of fused-ring (bicyclic) bond motifs is 3. The number of para-hydroxylation sites is 1. The highest BCUT2D eigenvalue weighted by molar-refractivity contribution is 5.97. The molecule has 1 atom stereocenters. The quantitative estimate of drug-likeness (QED) is 0.0994. The molecule has 1 aliphatic rings. The molecule has 0 unspecified atom stereocenters. The summed E-state index contributed by atoms with van der Waals surface area (Å²) >= 11 is 0. The number of amidine groups is 1. The third-order valence-electron chi connectivity index (χ3n) is 7.44. The van der Waals surface area contributed by atoms with Crippen LogP contribution in [0.1, 0.15) is 48.6 Å². The van der Waals surface area contributed by atoms with Gasteiger partial charge in [0.05, 0.1) is 30.6 Å². The van der Waals surface area contributed by atoms with E-state index in [0.717, 1.165) is 18.9 Å². The van der Waals surface area contributed by atoms with Crippen molar-refractivity contribution in [3.63, 3.8) is 0 Å². The molecule has 1 aromatic heterocycles. The second-order valence-corrected chi connectivity index (χ2v) is 10.6. The standard InChI is InChI=1S/C30H34F4N6O3/c1-2-3-13-36-24(35)16-38-28(43)29(40-26(42)17-37-25(41)14-18-7-4-5-10-22(18)31)12-11-23-20(15-29)19-8-6-9-21(27(19)39-23)30(32,33)34/h4-10,39H,2-3,11-17H2,1H3,(H2,35,36)(H,37,41)(H,38,43)(H,40,42)/t29-/m1/s1. The van der Waals surface area contributed by atoms with Crippen molar-refractivity contribution in [1.82, 2.24) is 20.9 Å². The smallest absolute Gasteiger partial charge is 0.386 e. The van der Waals surface area contributed by atoms with Crippen LogP contribution in [0.3, 0.4) is 0 Å². The first-order valence-electron chi connectivity index (χ1n) is 14.0. The molecular weight excluding hydrogens is 568 g/mol. The number of aliphatic imine (C=N–C) groups is 1. The zero-order valence-electron chi connectivity index (χ0n) is 23.7. The minimum Gasteiger partial charge on any atom is -0.386 e. The SMILES string of the molecule is CCCCN=C(N)CNC(=O)[C@@]1(NC(=O)CNC(=O)Cc2ccccc2F)CCc2[nH]c3c(C(F)(F)F)cccc3c2C1. The van der Waals surface area contributed by atoms with Gasteiger partial charge in [-0.15, -0.1) is 0 Å². The van der Waals surface area contributed by atoms with E-state index in [0.29, 0.717) is 23.2 Å². The van der Waals surface area contributed by atoms with E-state index in [2.05, 4.69) is 25.9 Å². The summed E-state index contributed by atoms with van der Waals surface area (Å²) < 4.78 is 55.1. The number of aromatic nitrogens is 1. The van der Waals surface area contributed by atoms with Gasteiger partial charge in [0.15, 0.2) is 0 Å². The lowest BCUT2D eigenvalue weighted by molar-refractivity contribution is -0.136. The topological polar surface area (TPSA) is 141 Å². The Morgan fingerprint density at radius 1 is 1.05 bits per heavy atom. The molecule has 1 heterocycles. The number of nitrogens with zero attached hydrogens (tertiary/aromatic N) is 1. The number of nitrogens with two attached hydrogens (primary N) is 1. The van der Waals surface area contributed by atoms with Gasteiger partial charge in [-0.05, 0) is 42.5 Å². The fraction of sp³-hybridized carbons (Fsp3) is 0.400. The number of aryl methyl sites for hydroxylation is 1. The summed E-state index contributed by atoms with van der Waals surface area (Å²) in [5.41, 5.74) is 4.67. The zero-order chi connectivity index (χ0) is 31.2. The lowest BCUT2D eigenvalue weighted by atomic mass is 9.78. The first kappa shape index (κ1) is 31.5. The highest BCUT2D eigenvalue weighted by atomic mass is 19.4. The lowest BCUT2D eigenvalue weighted by Crippen LogP contribution is -2.63. The molecule has 6 N–H and O–H groups in total. The van der Waals surface area contributed by atoms with Gasteiger partial charge < -0.3 is 26.7 Å². The summed E-state index contributed by atoms with van der Waals surface area (Å²) in [6, 6.07) is 9.57. The highest BCUT2D eigenvalue weighted by Crippen LogP contribution is 2.40. The molecule has 43 heavy (non-hydrogen) atoms. The molecule has 0 radical (unpaired) electrons. The van der Waals surface area contributed by atoms with Crippen LogP contribution >= 0.6 is 0 Å². The largest absolute Gasteiger partial charge is 0.418 e. The van der Waals surface area contributed by atoms with E-state index in [1.165, 1.54) is 30.3 Å². The number of carbonyl (C=O) groups is 3. The van der Waals surface area contributed by atoms with Crippen LogP contribution in [-0.4, -0.2) is 53.7 Å². The van der Waals surface area contributed by atoms with Gasteiger partial charge in [-0.1, -0.05) is 43.7 Å². The molecule has 0 bridgehead atoms. The van der Waals surface area contributed by atoms with Crippen molar-refractivity contribution in [2.45, 2.75) is 57.2 Å². The Kier molecular flexibility index (Phi) is 9.72. The number of nitrogens with one attached hydrogen (secondary N) is 4. The van der Waals surface area contributed by atoms with Crippen molar-refractivity contribution in [3.8, 4) is 0 Å². The summed E-state index contributed by atoms with van der Waals surface area (Å²) in [6.07, 6.45) is -3.00. The third-order valence-corrected chi connectivity index (χ3v) is 7.44. The summed E-state index contributed by atoms with van der Waals surface area (Å²) in [7, 11) is 0. The number of hydrogen-bond acceptors (Lipinski definition) is 4. The average molecular weight is 603 g/mol. The Hall–Kier alpha value is -4.42. The fourth-order valence-corrected chi connectivity index (χ4v) is 5.21. The molecular formula is C30H34F4N6O3. The van der Waals surface area contributed by atoms with Crippen LogP contribution in [0.15, 0.2) is 47.5 Å². The van der Waals surface area contributed by atoms with Gasteiger partial charge in [0, 0.05) is 24.0 Å². The number of benzene rings is 2. The molecule has 13 heteroatoms. The van der Waals surface area contributed by atoms with Gasteiger partial charge in [0.25, 0.3) is 0 Å². The minimum absolute atomic E-state index is 0.0712. The third kappa shape index (κ3) is 7.51. The zero-order valence-corrected chi connectivity index (χ0v) is 23.7. The van der Waals surface area contributed by atoms with E-state index in [-0.39, 0.29) is 49.1 Å². The van der Waals surface area contributed by atoms with Gasteiger partial charge in [-0.2, -0.15) is 13.2 Å². The van der Waals surface area contributed by atoms with Crippen molar-refractivity contribution in [2.75, 3.05) is 19.6 Å². The monoisotopic (exact) mass is 602 g/mol. The molecule has 0 aliphatic heterocycles. The maximum Gasteiger partial charge on any atom is 0.418 e. The molecule has 230 valence electrons. The van der Waals surface area contributed by atoms with Gasteiger partial charge in [-0.25, -0.2) is 4.39 Å². The van der Waals surface area contributed by atoms with E-state index in [9.17, 15) is 31.9 Å². The molecule has 3 aromatic rings. The van der Waals surface area contributed by atoms with E-state index < -0.39 is 47.4 Å². The Morgan fingerprint density at radius 3 is 2.53 bits per heavy atom. The van der Waals surface area contributed by atoms with Crippen LogP contribution in [0.5, 0.6) is 0 Å². The van der Waals surface area contributed by atoms with Gasteiger partial charge in [0.2, 0.25) is 17.7 Å². The summed E-state index contributed by atoms with van der Waals surface area (Å²) in [5.74, 6) is -2.24. The predicted octanol–water partition coefficient (Wildman–Crippen LogP) is 3.30. The number of unbranched alkanes of at least 4 members (excludes halogenated alkanes) is 1. The number of rotatable bonds is 11. The van der Waals surface area contributed by atoms with Gasteiger partial charge >= 0.3 is 6.18 Å². The normalized spacial score (nSPS) is 16.9. The van der Waals surface area contributed by atoms with Crippen molar-refractivity contribution in [3.05, 3.63) is 70.7 Å². The maximum absolute atomic E-state index is 13.9. The van der Waals surface area contributed by atoms with Crippen LogP contribution in [0.4, 0.5) is 17.6 Å². The first-order chi connectivity index (χ1) is 20.4. The van der Waals surface area contributed by atoms with Crippen LogP contribution in [-0.2, 0) is 39.8 Å². The number of amides is 3. The summed E-state index contributed by atoms with van der Waals surface area (Å²) in [4.78, 5) is 46.2. The molecule has 0 fully saturated rings. The maximum atomic E-state index is 13.9. The Balaban J connectivity index is 1.55. The number of aromatic amines is 1. The van der Waals surface area contributed by atoms with Crippen LogP contribution < -0.4 is 21.7 Å². The number of hydrogen-bond donors (Lipinski definition) is 5. The summed E-state index contributed by atoms with van der Waals surface area (Å²) in [6.45, 7) is 1.91. The molecule has 9 nitrogen and oxygen atoms in total. The number of carbonyl (C=O) groups excluding carboxylic acids is 3. The Morgan fingerprint density at radius 2 is 1.81 bits per heavy atom. The van der Waals surface area contributed by atoms with Crippen molar-refractivity contribution < 1.29 is 31.9 Å². The average Bonchev–Trinajstić information content (AvgIpc) is 3.33. The molecule has 3 amide bonds. The van der Waals surface area contributed by atoms with Crippen LogP contribution in [0.25, 0.3) is 10.9 Å². The second-order valence-electron chi connectivity index (χ2n) is 10.6. The first-order valence-corrected chi connectivity index (χ1v) is 14.0. The predicted molar refractivity (Wildman–Crippen MR) is 154 cm³/mol. The van der Waals surface area contributed by atoms with Crippen LogP contribution in [0.2, 0.25) is 0 Å². The Labute approximate surface area is 245 Å². The summed E-state index contributed by atoms with van der Waals surface area (Å²) in [5, 5.41) is 8.16.